The van der Waals surface area contributed by atoms with E-state index in [9.17, 15) is 9.90 Å². The largest absolute Gasteiger partial charge is 0.504 e. The molecule has 110 valence electrons. The summed E-state index contributed by atoms with van der Waals surface area (Å²) in [5.74, 6) is -0.0437. The second-order valence-corrected chi connectivity index (χ2v) is 4.48. The maximum atomic E-state index is 11.7. The minimum atomic E-state index is -0.312. The molecule has 0 unspecified atom stereocenters. The summed E-state index contributed by atoms with van der Waals surface area (Å²) in [6, 6.07) is 13.7. The van der Waals surface area contributed by atoms with Gasteiger partial charge in [-0.3, -0.25) is 4.79 Å². The van der Waals surface area contributed by atoms with Crippen molar-refractivity contribution in [2.24, 2.45) is 0 Å². The zero-order valence-electron chi connectivity index (χ0n) is 11.5. The first-order chi connectivity index (χ1) is 10.2. The van der Waals surface area contributed by atoms with Crippen LogP contribution in [0.5, 0.6) is 11.5 Å². The Bertz CT molecular complexity index is 595. The molecule has 1 amide bonds. The van der Waals surface area contributed by atoms with Gasteiger partial charge in [-0.05, 0) is 36.2 Å². The molecule has 0 aliphatic carbocycles. The number of ether oxygens (including phenoxy) is 1. The van der Waals surface area contributed by atoms with Crippen molar-refractivity contribution >= 4 is 11.6 Å². The van der Waals surface area contributed by atoms with Crippen molar-refractivity contribution in [3.8, 4) is 11.5 Å². The highest BCUT2D eigenvalue weighted by molar-refractivity contribution is 5.91. The van der Waals surface area contributed by atoms with Gasteiger partial charge in [0.1, 0.15) is 0 Å². The lowest BCUT2D eigenvalue weighted by molar-refractivity contribution is -0.118. The van der Waals surface area contributed by atoms with Crippen LogP contribution in [-0.4, -0.2) is 29.3 Å². The van der Waals surface area contributed by atoms with E-state index >= 15 is 0 Å². The topological polar surface area (TPSA) is 78.8 Å². The van der Waals surface area contributed by atoms with Crippen molar-refractivity contribution < 1.29 is 19.7 Å². The van der Waals surface area contributed by atoms with E-state index in [4.69, 9.17) is 9.84 Å². The molecule has 0 aliphatic rings. The molecule has 0 saturated heterocycles. The summed E-state index contributed by atoms with van der Waals surface area (Å²) in [6.07, 6.45) is 0.588. The van der Waals surface area contributed by atoms with Gasteiger partial charge >= 0.3 is 0 Å². The van der Waals surface area contributed by atoms with Gasteiger partial charge in [-0.1, -0.05) is 24.3 Å². The third-order valence-corrected chi connectivity index (χ3v) is 2.86. The molecule has 0 aliphatic heterocycles. The fourth-order valence-electron chi connectivity index (χ4n) is 1.80. The number of rotatable bonds is 6. The maximum Gasteiger partial charge on any atom is 0.262 e. The first kappa shape index (κ1) is 14.9. The van der Waals surface area contributed by atoms with Crippen LogP contribution in [0.2, 0.25) is 0 Å². The summed E-state index contributed by atoms with van der Waals surface area (Å²) >= 11 is 0. The van der Waals surface area contributed by atoms with E-state index in [1.165, 1.54) is 6.07 Å². The third-order valence-electron chi connectivity index (χ3n) is 2.86. The summed E-state index contributed by atoms with van der Waals surface area (Å²) in [6.45, 7) is -0.0872. The Labute approximate surface area is 122 Å². The molecule has 2 aromatic rings. The van der Waals surface area contributed by atoms with E-state index in [2.05, 4.69) is 5.32 Å². The lowest BCUT2D eigenvalue weighted by atomic mass is 10.1. The molecule has 0 bridgehead atoms. The number of hydrogen-bond acceptors (Lipinski definition) is 4. The number of carbonyl (C=O) groups is 1. The van der Waals surface area contributed by atoms with Crippen molar-refractivity contribution in [3.05, 3.63) is 54.1 Å². The second-order valence-electron chi connectivity index (χ2n) is 4.48. The number of carbonyl (C=O) groups excluding carboxylic acids is 1. The van der Waals surface area contributed by atoms with E-state index in [1.807, 2.05) is 12.1 Å². The predicted molar refractivity (Wildman–Crippen MR) is 79.5 cm³/mol. The van der Waals surface area contributed by atoms with Crippen LogP contribution in [-0.2, 0) is 11.2 Å². The van der Waals surface area contributed by atoms with Crippen molar-refractivity contribution in [2.45, 2.75) is 6.42 Å². The molecular weight excluding hydrogens is 270 g/mol. The number of benzene rings is 2. The average molecular weight is 287 g/mol. The molecular formula is C16H17NO4. The van der Waals surface area contributed by atoms with Gasteiger partial charge in [0, 0.05) is 12.3 Å². The van der Waals surface area contributed by atoms with Gasteiger partial charge in [0.25, 0.3) is 5.91 Å². The van der Waals surface area contributed by atoms with E-state index in [-0.39, 0.29) is 30.6 Å². The fourth-order valence-corrected chi connectivity index (χ4v) is 1.80. The highest BCUT2D eigenvalue weighted by Crippen LogP contribution is 2.24. The summed E-state index contributed by atoms with van der Waals surface area (Å²) < 4.78 is 5.24. The number of aromatic hydroxyl groups is 1. The Hall–Kier alpha value is -2.53. The molecule has 3 N–H and O–H groups in total. The molecule has 21 heavy (non-hydrogen) atoms. The Morgan fingerprint density at radius 3 is 2.48 bits per heavy atom. The minimum Gasteiger partial charge on any atom is -0.504 e. The first-order valence-electron chi connectivity index (χ1n) is 6.59. The Kier molecular flexibility index (Phi) is 5.17. The number of aliphatic hydroxyl groups is 1. The number of amides is 1. The second kappa shape index (κ2) is 7.31. The molecule has 0 atom stereocenters. The molecule has 0 fully saturated rings. The number of phenols is 1. The van der Waals surface area contributed by atoms with Crippen LogP contribution in [0.3, 0.4) is 0 Å². The van der Waals surface area contributed by atoms with Gasteiger partial charge in [0.05, 0.1) is 0 Å². The van der Waals surface area contributed by atoms with Gasteiger partial charge in [-0.25, -0.2) is 0 Å². The Morgan fingerprint density at radius 2 is 1.81 bits per heavy atom. The molecule has 5 heteroatoms. The van der Waals surface area contributed by atoms with Crippen molar-refractivity contribution in [1.29, 1.82) is 0 Å². The number of hydrogen-bond donors (Lipinski definition) is 3. The number of aliphatic hydroxyl groups excluding tert-OH is 1. The molecule has 0 spiro atoms. The van der Waals surface area contributed by atoms with Crippen LogP contribution in [0.25, 0.3) is 0 Å². The molecule has 0 radical (unpaired) electrons. The van der Waals surface area contributed by atoms with Crippen LogP contribution in [0.15, 0.2) is 48.5 Å². The third kappa shape index (κ3) is 4.50. The standard InChI is InChI=1S/C16H17NO4/c18-10-9-12-5-7-13(8-6-12)17-16(20)11-21-15-4-2-1-3-14(15)19/h1-8,18-19H,9-11H2,(H,17,20). The van der Waals surface area contributed by atoms with Gasteiger partial charge in [-0.2, -0.15) is 0 Å². The zero-order chi connectivity index (χ0) is 15.1. The highest BCUT2D eigenvalue weighted by Gasteiger charge is 2.06. The molecule has 0 aromatic heterocycles. The predicted octanol–water partition coefficient (Wildman–Crippen LogP) is 1.94. The first-order valence-corrected chi connectivity index (χ1v) is 6.59. The van der Waals surface area contributed by atoms with E-state index in [0.717, 1.165) is 5.56 Å². The summed E-state index contributed by atoms with van der Waals surface area (Å²) in [7, 11) is 0. The highest BCUT2D eigenvalue weighted by atomic mass is 16.5. The van der Waals surface area contributed by atoms with Crippen LogP contribution in [0, 0.1) is 0 Å². The zero-order valence-corrected chi connectivity index (χ0v) is 11.5. The Morgan fingerprint density at radius 1 is 1.10 bits per heavy atom. The van der Waals surface area contributed by atoms with Crippen LogP contribution in [0.1, 0.15) is 5.56 Å². The summed E-state index contributed by atoms with van der Waals surface area (Å²) in [5.41, 5.74) is 1.66. The normalized spacial score (nSPS) is 10.1. The summed E-state index contributed by atoms with van der Waals surface area (Å²) in [4.78, 5) is 11.7. The van der Waals surface area contributed by atoms with Gasteiger partial charge in [-0.15, -0.1) is 0 Å². The van der Waals surface area contributed by atoms with Crippen molar-refractivity contribution in [2.75, 3.05) is 18.5 Å². The lowest BCUT2D eigenvalue weighted by Crippen LogP contribution is -2.20. The summed E-state index contributed by atoms with van der Waals surface area (Å²) in [5, 5.41) is 21.0. The smallest absolute Gasteiger partial charge is 0.262 e. The van der Waals surface area contributed by atoms with Crippen LogP contribution >= 0.6 is 0 Å². The number of anilines is 1. The van der Waals surface area contributed by atoms with E-state index in [1.54, 1.807) is 30.3 Å². The van der Waals surface area contributed by atoms with E-state index in [0.29, 0.717) is 12.1 Å². The van der Waals surface area contributed by atoms with Crippen molar-refractivity contribution in [1.82, 2.24) is 0 Å². The van der Waals surface area contributed by atoms with Gasteiger partial charge in [0.2, 0.25) is 0 Å². The number of phenolic OH excluding ortho intramolecular Hbond substituents is 1. The minimum absolute atomic E-state index is 0.00124. The molecule has 0 heterocycles. The molecule has 2 rings (SSSR count). The van der Waals surface area contributed by atoms with Crippen molar-refractivity contribution in [3.63, 3.8) is 0 Å². The Balaban J connectivity index is 1.85. The molecule has 5 nitrogen and oxygen atoms in total. The number of para-hydroxylation sites is 2. The van der Waals surface area contributed by atoms with Gasteiger partial charge in [0.15, 0.2) is 18.1 Å². The number of nitrogens with one attached hydrogen (secondary N) is 1. The van der Waals surface area contributed by atoms with Crippen LogP contribution < -0.4 is 10.1 Å². The quantitative estimate of drug-likeness (QED) is 0.758. The lowest BCUT2D eigenvalue weighted by Gasteiger charge is -2.09. The monoisotopic (exact) mass is 287 g/mol. The van der Waals surface area contributed by atoms with E-state index < -0.39 is 0 Å². The van der Waals surface area contributed by atoms with Gasteiger partial charge < -0.3 is 20.3 Å². The SMILES string of the molecule is O=C(COc1ccccc1O)Nc1ccc(CCO)cc1. The average Bonchev–Trinajstić information content (AvgIpc) is 2.49. The molecule has 0 saturated carbocycles. The fraction of sp³-hybridized carbons (Fsp3) is 0.188. The molecule has 2 aromatic carbocycles. The van der Waals surface area contributed by atoms with Crippen LogP contribution in [0.4, 0.5) is 5.69 Å². The maximum absolute atomic E-state index is 11.7.